The van der Waals surface area contributed by atoms with E-state index < -0.39 is 0 Å². The third kappa shape index (κ3) is 3.37. The molecule has 1 saturated heterocycles. The molecule has 0 radical (unpaired) electrons. The van der Waals surface area contributed by atoms with Crippen LogP contribution in [0, 0.1) is 6.92 Å². The van der Waals surface area contributed by atoms with E-state index in [1.165, 1.54) is 21.9 Å². The fourth-order valence-corrected chi connectivity index (χ4v) is 4.24. The molecule has 1 fully saturated rings. The Morgan fingerprint density at radius 2 is 2.15 bits per heavy atom. The van der Waals surface area contributed by atoms with Gasteiger partial charge < -0.3 is 10.2 Å². The highest BCUT2D eigenvalue weighted by Gasteiger charge is 2.33. The van der Waals surface area contributed by atoms with Gasteiger partial charge in [-0.15, -0.1) is 5.10 Å². The molecule has 1 unspecified atom stereocenters. The van der Waals surface area contributed by atoms with Crippen LogP contribution in [0.25, 0.3) is 4.96 Å². The summed E-state index contributed by atoms with van der Waals surface area (Å²) in [5.74, 6) is 0.00512. The Bertz CT molecular complexity index is 1090. The van der Waals surface area contributed by atoms with Crippen LogP contribution in [0.2, 0.25) is 0 Å². The van der Waals surface area contributed by atoms with Crippen molar-refractivity contribution in [1.82, 2.24) is 14.6 Å². The van der Waals surface area contributed by atoms with Gasteiger partial charge in [0.25, 0.3) is 5.56 Å². The van der Waals surface area contributed by atoms with E-state index in [9.17, 15) is 9.59 Å². The fourth-order valence-electron chi connectivity index (χ4n) is 3.11. The summed E-state index contributed by atoms with van der Waals surface area (Å²) in [5, 5.41) is 7.99. The molecule has 1 N–H and O–H groups in total. The molecule has 1 aromatic carbocycles. The summed E-state index contributed by atoms with van der Waals surface area (Å²) in [6.45, 7) is 4.59. The Kier molecular flexibility index (Phi) is 4.73. The zero-order valence-electron chi connectivity index (χ0n) is 14.9. The Morgan fingerprint density at radius 3 is 2.89 bits per heavy atom. The van der Waals surface area contributed by atoms with Gasteiger partial charge in [0.1, 0.15) is 6.04 Å². The number of carbonyl (C=O) groups is 1. The molecule has 2 aromatic heterocycles. The third-order valence-electron chi connectivity index (χ3n) is 4.62. The Morgan fingerprint density at radius 1 is 1.33 bits per heavy atom. The summed E-state index contributed by atoms with van der Waals surface area (Å²) in [6.07, 6.45) is 1.36. The minimum absolute atomic E-state index is 0.00512. The highest BCUT2D eigenvalue weighted by molar-refractivity contribution is 9.10. The molecule has 7 nitrogen and oxygen atoms in total. The van der Waals surface area contributed by atoms with Crippen molar-refractivity contribution < 1.29 is 4.79 Å². The van der Waals surface area contributed by atoms with E-state index in [0.29, 0.717) is 29.5 Å². The Hall–Kier alpha value is -2.26. The molecule has 4 rings (SSSR count). The summed E-state index contributed by atoms with van der Waals surface area (Å²) in [7, 11) is 0. The van der Waals surface area contributed by atoms with Crippen molar-refractivity contribution in [2.24, 2.45) is 0 Å². The van der Waals surface area contributed by atoms with E-state index in [-0.39, 0.29) is 17.5 Å². The zero-order valence-corrected chi connectivity index (χ0v) is 17.3. The number of amides is 1. The number of aromatic nitrogens is 3. The first-order valence-corrected chi connectivity index (χ1v) is 10.3. The van der Waals surface area contributed by atoms with Crippen molar-refractivity contribution in [3.05, 3.63) is 50.3 Å². The van der Waals surface area contributed by atoms with E-state index in [4.69, 9.17) is 0 Å². The molecule has 0 bridgehead atoms. The van der Waals surface area contributed by atoms with Crippen LogP contribution in [-0.2, 0) is 11.2 Å². The van der Waals surface area contributed by atoms with Crippen LogP contribution >= 0.6 is 27.3 Å². The molecular formula is C18H18BrN5O2S. The van der Waals surface area contributed by atoms with Gasteiger partial charge in [-0.3, -0.25) is 9.59 Å². The molecular weight excluding hydrogens is 430 g/mol. The summed E-state index contributed by atoms with van der Waals surface area (Å²) < 4.78 is 2.30. The lowest BCUT2D eigenvalue weighted by molar-refractivity contribution is -0.117. The van der Waals surface area contributed by atoms with Gasteiger partial charge in [0.2, 0.25) is 16.0 Å². The van der Waals surface area contributed by atoms with Gasteiger partial charge in [0, 0.05) is 28.5 Å². The van der Waals surface area contributed by atoms with Gasteiger partial charge in [0.05, 0.1) is 0 Å². The van der Waals surface area contributed by atoms with Crippen molar-refractivity contribution in [3.63, 3.8) is 0 Å². The van der Waals surface area contributed by atoms with Crippen molar-refractivity contribution in [1.29, 1.82) is 0 Å². The quantitative estimate of drug-likeness (QED) is 0.664. The molecule has 1 atom stereocenters. The lowest BCUT2D eigenvalue weighted by Gasteiger charge is -2.18. The lowest BCUT2D eigenvalue weighted by atomic mass is 10.2. The third-order valence-corrected chi connectivity index (χ3v) is 6.35. The number of aryl methyl sites for hydroxylation is 2. The maximum atomic E-state index is 12.8. The summed E-state index contributed by atoms with van der Waals surface area (Å²) in [5.41, 5.74) is 2.51. The first-order chi connectivity index (χ1) is 13.0. The number of fused-ring (bicyclic) bond motifs is 1. The van der Waals surface area contributed by atoms with E-state index >= 15 is 0 Å². The normalized spacial score (nSPS) is 17.1. The van der Waals surface area contributed by atoms with Gasteiger partial charge >= 0.3 is 0 Å². The minimum atomic E-state index is -0.365. The second-order valence-electron chi connectivity index (χ2n) is 6.45. The molecule has 0 spiro atoms. The monoisotopic (exact) mass is 447 g/mol. The average molecular weight is 448 g/mol. The molecule has 1 amide bonds. The van der Waals surface area contributed by atoms with Crippen molar-refractivity contribution in [2.45, 2.75) is 32.7 Å². The molecule has 0 aliphatic carbocycles. The molecule has 27 heavy (non-hydrogen) atoms. The van der Waals surface area contributed by atoms with E-state index in [0.717, 1.165) is 21.4 Å². The van der Waals surface area contributed by atoms with Crippen molar-refractivity contribution >= 4 is 49.0 Å². The molecule has 3 aromatic rings. The summed E-state index contributed by atoms with van der Waals surface area (Å²) in [4.78, 5) is 31.7. The number of nitrogens with zero attached hydrogens (tertiary/aromatic N) is 4. The first-order valence-electron chi connectivity index (χ1n) is 8.70. The Labute approximate surface area is 168 Å². The first kappa shape index (κ1) is 18.1. The molecule has 0 saturated carbocycles. The number of halogens is 1. The maximum Gasteiger partial charge on any atom is 0.275 e. The van der Waals surface area contributed by atoms with Gasteiger partial charge in [-0.1, -0.05) is 34.2 Å². The number of hydrogen-bond donors (Lipinski definition) is 1. The highest BCUT2D eigenvalue weighted by atomic mass is 79.9. The molecule has 1 aliphatic rings. The number of anilines is 2. The number of carbonyl (C=O) groups excluding carboxylic acids is 1. The summed E-state index contributed by atoms with van der Waals surface area (Å²) in [6, 6.07) is 7.02. The highest BCUT2D eigenvalue weighted by Crippen LogP contribution is 2.28. The van der Waals surface area contributed by atoms with Crippen LogP contribution in [0.3, 0.4) is 0 Å². The SMILES string of the molecule is CCc1cc(=O)n2nc(NC3CCN(c4ccc(Br)c(C)c4)C3=O)sc2n1. The second-order valence-corrected chi connectivity index (χ2v) is 8.26. The lowest BCUT2D eigenvalue weighted by Crippen LogP contribution is -2.33. The van der Waals surface area contributed by atoms with Gasteiger partial charge in [-0.05, 0) is 43.5 Å². The largest absolute Gasteiger partial charge is 0.348 e. The van der Waals surface area contributed by atoms with Crippen LogP contribution < -0.4 is 15.8 Å². The number of hydrogen-bond acceptors (Lipinski definition) is 6. The second kappa shape index (κ2) is 7.05. The van der Waals surface area contributed by atoms with E-state index in [1.54, 1.807) is 4.90 Å². The molecule has 1 aliphatic heterocycles. The molecule has 9 heteroatoms. The smallest absolute Gasteiger partial charge is 0.275 e. The van der Waals surface area contributed by atoms with Gasteiger partial charge in [-0.2, -0.15) is 4.52 Å². The fraction of sp³-hybridized carbons (Fsp3) is 0.333. The zero-order chi connectivity index (χ0) is 19.1. The van der Waals surface area contributed by atoms with Gasteiger partial charge in [-0.25, -0.2) is 4.98 Å². The predicted molar refractivity (Wildman–Crippen MR) is 110 cm³/mol. The topological polar surface area (TPSA) is 79.6 Å². The van der Waals surface area contributed by atoms with E-state index in [1.807, 2.05) is 32.0 Å². The van der Waals surface area contributed by atoms with Crippen LogP contribution in [-0.4, -0.2) is 33.1 Å². The number of benzene rings is 1. The number of nitrogens with one attached hydrogen (secondary N) is 1. The molecule has 140 valence electrons. The van der Waals surface area contributed by atoms with Crippen LogP contribution in [0.4, 0.5) is 10.8 Å². The van der Waals surface area contributed by atoms with Crippen molar-refractivity contribution in [2.75, 3.05) is 16.8 Å². The average Bonchev–Trinajstić information content (AvgIpc) is 3.22. The Balaban J connectivity index is 1.56. The van der Waals surface area contributed by atoms with Crippen molar-refractivity contribution in [3.8, 4) is 0 Å². The maximum absolute atomic E-state index is 12.8. The van der Waals surface area contributed by atoms with E-state index in [2.05, 4.69) is 31.3 Å². The van der Waals surface area contributed by atoms with Crippen LogP contribution in [0.15, 0.2) is 33.5 Å². The standard InChI is InChI=1S/C18H18BrN5O2S/c1-3-11-9-15(25)24-18(20-11)27-17(22-24)21-14-6-7-23(16(14)26)12-4-5-13(19)10(2)8-12/h4-5,8-9,14H,3,6-7H2,1-2H3,(H,21,22). The number of rotatable bonds is 4. The molecule has 3 heterocycles. The minimum Gasteiger partial charge on any atom is -0.348 e. The van der Waals surface area contributed by atoms with Crippen LogP contribution in [0.1, 0.15) is 24.6 Å². The predicted octanol–water partition coefficient (Wildman–Crippen LogP) is 3.00. The van der Waals surface area contributed by atoms with Gasteiger partial charge in [0.15, 0.2) is 0 Å². The van der Waals surface area contributed by atoms with Crippen LogP contribution in [0.5, 0.6) is 0 Å². The summed E-state index contributed by atoms with van der Waals surface area (Å²) >= 11 is 4.77.